The first-order chi connectivity index (χ1) is 8.65. The fraction of sp³-hybridized carbons (Fsp3) is 0.636. The molecule has 0 amide bonds. The molecule has 7 heteroatoms. The molecule has 1 aliphatic rings. The van der Waals surface area contributed by atoms with Crippen LogP contribution in [0.5, 0.6) is 0 Å². The molecule has 6 nitrogen and oxygen atoms in total. The van der Waals surface area contributed by atoms with Crippen molar-refractivity contribution < 1.29 is 14.2 Å². The van der Waals surface area contributed by atoms with Crippen molar-refractivity contribution in [1.82, 2.24) is 9.55 Å². The van der Waals surface area contributed by atoms with Gasteiger partial charge in [0.2, 0.25) is 0 Å². The van der Waals surface area contributed by atoms with Crippen molar-refractivity contribution in [3.8, 4) is 0 Å². The van der Waals surface area contributed by atoms with Crippen molar-refractivity contribution >= 4 is 5.82 Å². The van der Waals surface area contributed by atoms with E-state index in [9.17, 15) is 9.18 Å². The summed E-state index contributed by atoms with van der Waals surface area (Å²) in [7, 11) is 0. The third-order valence-electron chi connectivity index (χ3n) is 3.08. The van der Waals surface area contributed by atoms with E-state index in [0.29, 0.717) is 12.8 Å². The second-order valence-corrected chi connectivity index (χ2v) is 4.35. The van der Waals surface area contributed by atoms with E-state index in [1.54, 1.807) is 0 Å². The molecule has 3 N–H and O–H groups in total. The molecule has 0 radical (unpaired) electrons. The Hall–Kier alpha value is -1.47. The maximum absolute atomic E-state index is 13.0. The Morgan fingerprint density at radius 3 is 3.06 bits per heavy atom. The fourth-order valence-corrected chi connectivity index (χ4v) is 2.20. The number of halogens is 1. The Labute approximate surface area is 103 Å². The van der Waals surface area contributed by atoms with Gasteiger partial charge in [-0.05, 0) is 18.9 Å². The molecule has 1 aliphatic heterocycles. The number of rotatable bonds is 4. The van der Waals surface area contributed by atoms with Crippen LogP contribution in [-0.2, 0) is 4.74 Å². The number of nitrogens with two attached hydrogens (primary N) is 1. The smallest absolute Gasteiger partial charge is 0.351 e. The van der Waals surface area contributed by atoms with Gasteiger partial charge in [0.25, 0.3) is 0 Å². The monoisotopic (exact) mass is 257 g/mol. The molecule has 1 aromatic heterocycles. The van der Waals surface area contributed by atoms with Crippen LogP contribution in [-0.4, -0.2) is 34.0 Å². The summed E-state index contributed by atoms with van der Waals surface area (Å²) in [5, 5.41) is 8.86. The Balaban J connectivity index is 2.23. The normalized spacial score (nSPS) is 27.6. The van der Waals surface area contributed by atoms with E-state index in [-0.39, 0.29) is 18.5 Å². The molecule has 1 fully saturated rings. The molecule has 0 spiro atoms. The summed E-state index contributed by atoms with van der Waals surface area (Å²) in [5.74, 6) is -0.275. The Morgan fingerprint density at radius 1 is 1.67 bits per heavy atom. The molecule has 3 atom stereocenters. The molecule has 2 rings (SSSR count). The number of aliphatic hydroxyl groups excluding tert-OH is 1. The first-order valence-electron chi connectivity index (χ1n) is 5.82. The number of ether oxygens (including phenoxy) is 1. The third-order valence-corrected chi connectivity index (χ3v) is 3.08. The maximum Gasteiger partial charge on any atom is 0.351 e. The molecule has 0 aliphatic carbocycles. The molecule has 2 heterocycles. The summed E-state index contributed by atoms with van der Waals surface area (Å²) < 4.78 is 19.8. The van der Waals surface area contributed by atoms with Gasteiger partial charge in [-0.15, -0.1) is 0 Å². The Bertz CT molecular complexity index is 465. The zero-order valence-electron chi connectivity index (χ0n) is 9.83. The van der Waals surface area contributed by atoms with E-state index >= 15 is 0 Å². The topological polar surface area (TPSA) is 90.4 Å². The summed E-state index contributed by atoms with van der Waals surface area (Å²) in [6.07, 6.45) is 1.47. The second-order valence-electron chi connectivity index (χ2n) is 4.35. The highest BCUT2D eigenvalue weighted by atomic mass is 19.1. The number of nitrogen functional groups attached to an aromatic ring is 1. The van der Waals surface area contributed by atoms with Gasteiger partial charge in [0.1, 0.15) is 12.0 Å². The van der Waals surface area contributed by atoms with Crippen LogP contribution in [0.15, 0.2) is 17.1 Å². The van der Waals surface area contributed by atoms with Crippen molar-refractivity contribution in [3.05, 3.63) is 22.7 Å². The first kappa shape index (κ1) is 13.0. The predicted octanol–water partition coefficient (Wildman–Crippen LogP) is 0.0811. The molecule has 0 saturated carbocycles. The van der Waals surface area contributed by atoms with Crippen molar-refractivity contribution in [1.29, 1.82) is 0 Å². The molecular weight excluding hydrogens is 241 g/mol. The van der Waals surface area contributed by atoms with Crippen LogP contribution in [0.3, 0.4) is 0 Å². The van der Waals surface area contributed by atoms with Crippen LogP contribution in [0.25, 0.3) is 0 Å². The number of hydrogen-bond donors (Lipinski definition) is 2. The van der Waals surface area contributed by atoms with Gasteiger partial charge in [-0.3, -0.25) is 8.96 Å². The van der Waals surface area contributed by atoms with Gasteiger partial charge < -0.3 is 15.6 Å². The summed E-state index contributed by atoms with van der Waals surface area (Å²) in [6, 6.07) is 1.47. The van der Waals surface area contributed by atoms with Crippen LogP contribution in [0, 0.1) is 5.92 Å². The summed E-state index contributed by atoms with van der Waals surface area (Å²) in [6.45, 7) is -0.602. The van der Waals surface area contributed by atoms with Gasteiger partial charge in [-0.1, -0.05) is 0 Å². The highest BCUT2D eigenvalue weighted by molar-refractivity contribution is 5.23. The molecule has 1 aromatic rings. The average molecular weight is 257 g/mol. The lowest BCUT2D eigenvalue weighted by Crippen LogP contribution is -2.30. The standard InChI is InChI=1S/C11H16FN3O3/c12-6-7-5-8(2-4-16)18-10(7)15-3-1-9(13)14-11(15)17/h1,3,7-8,10,16H,2,4-6H2,(H2,13,14,17). The predicted molar refractivity (Wildman–Crippen MR) is 62.6 cm³/mol. The van der Waals surface area contributed by atoms with Gasteiger partial charge in [0.05, 0.1) is 12.8 Å². The van der Waals surface area contributed by atoms with Crippen molar-refractivity contribution in [3.63, 3.8) is 0 Å². The van der Waals surface area contributed by atoms with Crippen LogP contribution in [0.2, 0.25) is 0 Å². The molecule has 0 aromatic carbocycles. The number of nitrogens with zero attached hydrogens (tertiary/aromatic N) is 2. The minimum Gasteiger partial charge on any atom is -0.396 e. The van der Waals surface area contributed by atoms with E-state index in [4.69, 9.17) is 15.6 Å². The van der Waals surface area contributed by atoms with E-state index in [0.717, 1.165) is 0 Å². The van der Waals surface area contributed by atoms with E-state index in [1.165, 1.54) is 16.8 Å². The van der Waals surface area contributed by atoms with Gasteiger partial charge in [0, 0.05) is 18.7 Å². The summed E-state index contributed by atoms with van der Waals surface area (Å²) >= 11 is 0. The lowest BCUT2D eigenvalue weighted by atomic mass is 10.0. The van der Waals surface area contributed by atoms with E-state index in [2.05, 4.69) is 4.98 Å². The fourth-order valence-electron chi connectivity index (χ4n) is 2.20. The minimum absolute atomic E-state index is 0.0225. The minimum atomic E-state index is -0.674. The molecule has 1 saturated heterocycles. The highest BCUT2D eigenvalue weighted by Crippen LogP contribution is 2.35. The summed E-state index contributed by atoms with van der Waals surface area (Å²) in [4.78, 5) is 15.3. The number of hydrogen-bond acceptors (Lipinski definition) is 5. The van der Waals surface area contributed by atoms with Crippen molar-refractivity contribution in [2.45, 2.75) is 25.2 Å². The van der Waals surface area contributed by atoms with Gasteiger partial charge >= 0.3 is 5.69 Å². The van der Waals surface area contributed by atoms with E-state index in [1.807, 2.05) is 0 Å². The number of anilines is 1. The van der Waals surface area contributed by atoms with E-state index < -0.39 is 24.5 Å². The Kier molecular flexibility index (Phi) is 3.93. The second kappa shape index (κ2) is 5.45. The molecule has 18 heavy (non-hydrogen) atoms. The molecular formula is C11H16FN3O3. The van der Waals surface area contributed by atoms with Gasteiger partial charge in [0.15, 0.2) is 0 Å². The first-order valence-corrected chi connectivity index (χ1v) is 5.82. The SMILES string of the molecule is Nc1ccn(C2OC(CCO)CC2CF)c(=O)n1. The van der Waals surface area contributed by atoms with Gasteiger partial charge in [-0.25, -0.2) is 4.79 Å². The number of alkyl halides is 1. The third kappa shape index (κ3) is 2.51. The van der Waals surface area contributed by atoms with Crippen LogP contribution in [0.4, 0.5) is 10.2 Å². The van der Waals surface area contributed by atoms with Crippen molar-refractivity contribution in [2.75, 3.05) is 19.0 Å². The highest BCUT2D eigenvalue weighted by Gasteiger charge is 2.36. The average Bonchev–Trinajstić information content (AvgIpc) is 2.72. The van der Waals surface area contributed by atoms with Crippen LogP contribution in [0.1, 0.15) is 19.1 Å². The number of aliphatic hydroxyl groups is 1. The van der Waals surface area contributed by atoms with Crippen molar-refractivity contribution in [2.24, 2.45) is 5.92 Å². The lowest BCUT2D eigenvalue weighted by molar-refractivity contribution is -0.0257. The molecule has 0 bridgehead atoms. The van der Waals surface area contributed by atoms with Gasteiger partial charge in [-0.2, -0.15) is 4.98 Å². The zero-order chi connectivity index (χ0) is 13.1. The molecule has 3 unspecified atom stereocenters. The van der Waals surface area contributed by atoms with Crippen LogP contribution >= 0.6 is 0 Å². The summed E-state index contributed by atoms with van der Waals surface area (Å²) in [5.41, 5.74) is 4.84. The Morgan fingerprint density at radius 2 is 2.44 bits per heavy atom. The maximum atomic E-state index is 13.0. The van der Waals surface area contributed by atoms with Crippen LogP contribution < -0.4 is 11.4 Å². The zero-order valence-corrected chi connectivity index (χ0v) is 9.83. The largest absolute Gasteiger partial charge is 0.396 e. The number of aromatic nitrogens is 2. The molecule has 100 valence electrons. The quantitative estimate of drug-likeness (QED) is 0.797. The lowest BCUT2D eigenvalue weighted by Gasteiger charge is -2.18.